The van der Waals surface area contributed by atoms with Crippen LogP contribution >= 0.6 is 23.5 Å². The Hall–Kier alpha value is -1.92. The second kappa shape index (κ2) is 6.46. The molecular weight excluding hydrogens is 316 g/mol. The molecule has 4 nitrogen and oxygen atoms in total. The van der Waals surface area contributed by atoms with Gasteiger partial charge in [-0.2, -0.15) is 0 Å². The monoisotopic (exact) mass is 330 g/mol. The highest BCUT2D eigenvalue weighted by atomic mass is 32.2. The number of rotatable bonds is 3. The van der Waals surface area contributed by atoms with E-state index in [2.05, 4.69) is 4.99 Å². The molecule has 0 bridgehead atoms. The van der Waals surface area contributed by atoms with Crippen molar-refractivity contribution in [1.29, 1.82) is 0 Å². The molecule has 1 amide bonds. The second-order valence-corrected chi connectivity index (χ2v) is 6.64. The third-order valence-corrected chi connectivity index (χ3v) is 5.11. The molecule has 3 rings (SSSR count). The van der Waals surface area contributed by atoms with Gasteiger partial charge in [-0.3, -0.25) is 14.7 Å². The van der Waals surface area contributed by atoms with Gasteiger partial charge in [0, 0.05) is 25.1 Å². The number of benzene rings is 1. The molecule has 0 spiro atoms. The smallest absolute Gasteiger partial charge is 0.266 e. The number of furan rings is 1. The lowest BCUT2D eigenvalue weighted by molar-refractivity contribution is -0.121. The van der Waals surface area contributed by atoms with Crippen LogP contribution in [-0.2, 0) is 4.79 Å². The van der Waals surface area contributed by atoms with Crippen LogP contribution in [0, 0.1) is 0 Å². The van der Waals surface area contributed by atoms with Crippen molar-refractivity contribution < 1.29 is 9.21 Å². The first-order valence-corrected chi connectivity index (χ1v) is 8.28. The zero-order chi connectivity index (χ0) is 15.5. The van der Waals surface area contributed by atoms with Crippen molar-refractivity contribution in [2.75, 3.05) is 14.1 Å². The highest BCUT2D eigenvalue weighted by molar-refractivity contribution is 8.18. The van der Waals surface area contributed by atoms with Crippen LogP contribution in [0.4, 0.5) is 0 Å². The molecule has 2 aromatic rings. The third-order valence-electron chi connectivity index (χ3n) is 3.03. The summed E-state index contributed by atoms with van der Waals surface area (Å²) in [5.41, 5.74) is 0. The van der Waals surface area contributed by atoms with Crippen molar-refractivity contribution in [3.8, 4) is 0 Å². The van der Waals surface area contributed by atoms with Crippen molar-refractivity contribution in [2.24, 2.45) is 4.99 Å². The zero-order valence-corrected chi connectivity index (χ0v) is 13.8. The molecule has 1 aromatic heterocycles. The zero-order valence-electron chi connectivity index (χ0n) is 12.1. The molecule has 0 radical (unpaired) electrons. The maximum Gasteiger partial charge on any atom is 0.266 e. The van der Waals surface area contributed by atoms with Gasteiger partial charge in [0.2, 0.25) is 0 Å². The summed E-state index contributed by atoms with van der Waals surface area (Å²) in [6, 6.07) is 13.8. The molecule has 22 heavy (non-hydrogen) atoms. The highest BCUT2D eigenvalue weighted by Crippen LogP contribution is 2.33. The summed E-state index contributed by atoms with van der Waals surface area (Å²) in [6.45, 7) is 0. The van der Waals surface area contributed by atoms with Crippen LogP contribution in [0.15, 0.2) is 66.8 Å². The number of carbonyl (C=O) groups is 1. The summed E-state index contributed by atoms with van der Waals surface area (Å²) in [6.07, 6.45) is 1.76. The van der Waals surface area contributed by atoms with Gasteiger partial charge in [-0.25, -0.2) is 0 Å². The number of amides is 1. The number of aliphatic imine (C=N–C) groups is 1. The Morgan fingerprint density at radius 1 is 1.23 bits per heavy atom. The number of amidine groups is 1. The highest BCUT2D eigenvalue weighted by Gasteiger charge is 2.29. The number of carbonyl (C=O) groups excluding carboxylic acids is 1. The Labute approximate surface area is 137 Å². The maximum atomic E-state index is 12.1. The van der Waals surface area contributed by atoms with E-state index in [0.29, 0.717) is 15.8 Å². The first-order valence-electron chi connectivity index (χ1n) is 6.64. The lowest BCUT2D eigenvalue weighted by atomic mass is 10.4. The van der Waals surface area contributed by atoms with Crippen molar-refractivity contribution in [2.45, 2.75) is 9.99 Å². The minimum Gasteiger partial charge on any atom is -0.450 e. The number of thioether (sulfide) groups is 1. The van der Waals surface area contributed by atoms with Crippen molar-refractivity contribution in [1.82, 2.24) is 4.90 Å². The summed E-state index contributed by atoms with van der Waals surface area (Å²) in [5.74, 6) is 0.610. The quantitative estimate of drug-likeness (QED) is 0.799. The Bertz CT molecular complexity index is 751. The molecule has 0 aliphatic carbocycles. The van der Waals surface area contributed by atoms with Gasteiger partial charge in [-0.1, -0.05) is 30.0 Å². The van der Waals surface area contributed by atoms with Crippen molar-refractivity contribution in [3.63, 3.8) is 0 Å². The van der Waals surface area contributed by atoms with E-state index >= 15 is 0 Å². The van der Waals surface area contributed by atoms with E-state index in [-0.39, 0.29) is 5.91 Å². The van der Waals surface area contributed by atoms with Crippen LogP contribution in [0.1, 0.15) is 5.76 Å². The summed E-state index contributed by atoms with van der Waals surface area (Å²) in [5, 5.41) is 1.49. The lowest BCUT2D eigenvalue weighted by Gasteiger charge is -2.04. The van der Waals surface area contributed by atoms with Gasteiger partial charge in [0.05, 0.1) is 4.91 Å². The molecule has 112 valence electrons. The minimum atomic E-state index is -0.0562. The average Bonchev–Trinajstić information content (AvgIpc) is 3.08. The predicted octanol–water partition coefficient (Wildman–Crippen LogP) is 3.96. The van der Waals surface area contributed by atoms with Crippen LogP contribution in [0.3, 0.4) is 0 Å². The molecule has 1 aliphatic rings. The van der Waals surface area contributed by atoms with E-state index in [4.69, 9.17) is 4.42 Å². The van der Waals surface area contributed by atoms with Crippen LogP contribution in [-0.4, -0.2) is 30.1 Å². The minimum absolute atomic E-state index is 0.0562. The van der Waals surface area contributed by atoms with Crippen molar-refractivity contribution in [3.05, 3.63) is 53.1 Å². The second-order valence-electron chi connectivity index (χ2n) is 4.55. The van der Waals surface area contributed by atoms with Crippen molar-refractivity contribution >= 4 is 40.7 Å². The van der Waals surface area contributed by atoms with Gasteiger partial charge in [-0.15, -0.1) is 0 Å². The summed E-state index contributed by atoms with van der Waals surface area (Å²) < 4.78 is 5.76. The van der Waals surface area contributed by atoms with Gasteiger partial charge in [0.25, 0.3) is 5.91 Å². The van der Waals surface area contributed by atoms with Crippen LogP contribution < -0.4 is 0 Å². The van der Waals surface area contributed by atoms with Gasteiger partial charge in [0.1, 0.15) is 5.76 Å². The SMILES string of the molecule is CN=C1S/C(=C\c2ccc(Sc3ccccc3)o2)C(=O)N1C. The molecule has 0 N–H and O–H groups in total. The third kappa shape index (κ3) is 3.13. The van der Waals surface area contributed by atoms with E-state index in [1.165, 1.54) is 11.8 Å². The molecule has 0 unspecified atom stereocenters. The number of nitrogens with zero attached hydrogens (tertiary/aromatic N) is 2. The van der Waals surface area contributed by atoms with E-state index in [1.54, 1.807) is 36.8 Å². The van der Waals surface area contributed by atoms with Gasteiger partial charge in [0.15, 0.2) is 10.3 Å². The first kappa shape index (κ1) is 15.0. The lowest BCUT2D eigenvalue weighted by Crippen LogP contribution is -2.23. The normalized spacial score (nSPS) is 18.6. The topological polar surface area (TPSA) is 45.8 Å². The first-order chi connectivity index (χ1) is 10.7. The molecular formula is C16H14N2O2S2. The number of hydrogen-bond donors (Lipinski definition) is 0. The fourth-order valence-corrected chi connectivity index (χ4v) is 3.66. The van der Waals surface area contributed by atoms with E-state index in [9.17, 15) is 4.79 Å². The Kier molecular flexibility index (Phi) is 4.40. The average molecular weight is 330 g/mol. The number of hydrogen-bond acceptors (Lipinski definition) is 5. The summed E-state index contributed by atoms with van der Waals surface area (Å²) >= 11 is 2.91. The van der Waals surface area contributed by atoms with Crippen LogP contribution in [0.25, 0.3) is 6.08 Å². The van der Waals surface area contributed by atoms with E-state index < -0.39 is 0 Å². The summed E-state index contributed by atoms with van der Waals surface area (Å²) in [7, 11) is 3.40. The fraction of sp³-hybridized carbons (Fsp3) is 0.125. The molecule has 1 fully saturated rings. The predicted molar refractivity (Wildman–Crippen MR) is 91.0 cm³/mol. The Morgan fingerprint density at radius 3 is 2.68 bits per heavy atom. The Balaban J connectivity index is 1.77. The van der Waals surface area contributed by atoms with Crippen LogP contribution in [0.2, 0.25) is 0 Å². The maximum absolute atomic E-state index is 12.1. The van der Waals surface area contributed by atoms with Gasteiger partial charge >= 0.3 is 0 Å². The van der Waals surface area contributed by atoms with Gasteiger partial charge in [-0.05, 0) is 36.0 Å². The van der Waals surface area contributed by atoms with E-state index in [1.807, 2.05) is 42.5 Å². The molecule has 1 saturated heterocycles. The summed E-state index contributed by atoms with van der Waals surface area (Å²) in [4.78, 5) is 19.4. The molecule has 6 heteroatoms. The standard InChI is InChI=1S/C16H14N2O2S2/c1-17-16-18(2)15(19)13(22-16)10-11-8-9-14(20-11)21-12-6-4-3-5-7-12/h3-10H,1-2H3/b13-10-,17-16?. The fourth-order valence-electron chi connectivity index (χ4n) is 1.95. The van der Waals surface area contributed by atoms with E-state index in [0.717, 1.165) is 9.99 Å². The molecule has 1 aliphatic heterocycles. The number of likely N-dealkylation sites (N-methyl/N-ethyl adjacent to an activating group) is 1. The molecule has 1 aromatic carbocycles. The molecule has 2 heterocycles. The molecule has 0 atom stereocenters. The van der Waals surface area contributed by atoms with Crippen LogP contribution in [0.5, 0.6) is 0 Å². The Morgan fingerprint density at radius 2 is 2.00 bits per heavy atom. The largest absolute Gasteiger partial charge is 0.450 e. The van der Waals surface area contributed by atoms with Gasteiger partial charge < -0.3 is 4.42 Å². The molecule has 0 saturated carbocycles.